The van der Waals surface area contributed by atoms with Gasteiger partial charge in [-0.3, -0.25) is 14.4 Å². The number of ketones is 3. The Bertz CT molecular complexity index is 990. The second-order valence-corrected chi connectivity index (χ2v) is 9.04. The Balaban J connectivity index is 2.64. The molecule has 0 aromatic heterocycles. The maximum atomic E-state index is 12.9. The summed E-state index contributed by atoms with van der Waals surface area (Å²) in [5.74, 6) is -3.58. The van der Waals surface area contributed by atoms with E-state index in [1.165, 1.54) is 21.0 Å². The molecule has 0 aromatic carbocycles. The van der Waals surface area contributed by atoms with Crippen molar-refractivity contribution in [1.82, 2.24) is 0 Å². The van der Waals surface area contributed by atoms with Crippen LogP contribution in [0.3, 0.4) is 0 Å². The molecular formula is C25H34O8. The molecule has 0 spiro atoms. The topological polar surface area (TPSA) is 141 Å². The second-order valence-electron chi connectivity index (χ2n) is 9.04. The summed E-state index contributed by atoms with van der Waals surface area (Å²) in [4.78, 5) is 38.2. The molecule has 182 valence electrons. The van der Waals surface area contributed by atoms with E-state index in [4.69, 9.17) is 4.74 Å². The van der Waals surface area contributed by atoms with E-state index in [9.17, 15) is 34.8 Å². The summed E-state index contributed by atoms with van der Waals surface area (Å²) in [5.41, 5.74) is -2.03. The van der Waals surface area contributed by atoms with Gasteiger partial charge in [0.2, 0.25) is 0 Å². The van der Waals surface area contributed by atoms with Crippen LogP contribution in [-0.4, -0.2) is 51.0 Å². The monoisotopic (exact) mass is 462 g/mol. The predicted molar refractivity (Wildman–Crippen MR) is 121 cm³/mol. The zero-order valence-corrected chi connectivity index (χ0v) is 20.1. The van der Waals surface area contributed by atoms with Gasteiger partial charge in [-0.15, -0.1) is 0 Å². The summed E-state index contributed by atoms with van der Waals surface area (Å²) in [5, 5.41) is 43.6. The lowest BCUT2D eigenvalue weighted by molar-refractivity contribution is -0.127. The maximum absolute atomic E-state index is 12.9. The highest BCUT2D eigenvalue weighted by atomic mass is 16.5. The molecule has 0 saturated carbocycles. The van der Waals surface area contributed by atoms with Crippen LogP contribution in [0.15, 0.2) is 45.3 Å². The molecule has 0 heterocycles. The number of carbonyl (C=O) groups excluding carboxylic acids is 3. The second kappa shape index (κ2) is 9.95. The molecule has 33 heavy (non-hydrogen) atoms. The third-order valence-electron chi connectivity index (χ3n) is 6.32. The Labute approximate surface area is 194 Å². The van der Waals surface area contributed by atoms with Gasteiger partial charge in [0.25, 0.3) is 0 Å². The van der Waals surface area contributed by atoms with Crippen molar-refractivity contribution in [1.29, 1.82) is 0 Å². The summed E-state index contributed by atoms with van der Waals surface area (Å²) in [6.45, 7) is 8.06. The number of carbonyl (C=O) groups is 3. The van der Waals surface area contributed by atoms with Crippen molar-refractivity contribution in [2.45, 2.75) is 72.8 Å². The minimum atomic E-state index is -1.54. The summed E-state index contributed by atoms with van der Waals surface area (Å²) in [6.07, 6.45) is -0.702. The van der Waals surface area contributed by atoms with Crippen LogP contribution >= 0.6 is 0 Å². The minimum absolute atomic E-state index is 0.0108. The van der Waals surface area contributed by atoms with Crippen molar-refractivity contribution in [2.75, 3.05) is 7.11 Å². The Morgan fingerprint density at radius 3 is 2.09 bits per heavy atom. The van der Waals surface area contributed by atoms with Crippen molar-refractivity contribution in [3.63, 3.8) is 0 Å². The van der Waals surface area contributed by atoms with E-state index >= 15 is 0 Å². The first-order chi connectivity index (χ1) is 15.4. The molecular weight excluding hydrogens is 428 g/mol. The van der Waals surface area contributed by atoms with Crippen LogP contribution in [0.2, 0.25) is 0 Å². The molecule has 8 nitrogen and oxygen atoms in total. The third kappa shape index (κ3) is 4.49. The Kier molecular flexibility index (Phi) is 7.96. The van der Waals surface area contributed by atoms with Gasteiger partial charge in [0.15, 0.2) is 17.3 Å². The number of Topliss-reactive ketones (excluding diaryl/α,β-unsaturated/α-hetero) is 3. The number of hydrogen-bond donors (Lipinski definition) is 4. The Morgan fingerprint density at radius 1 is 1.03 bits per heavy atom. The standard InChI is InChI=1S/C25H34O8/c1-7-9-15(26)17-20(29)13(19(28)12(3)22(17)33-6)11-14-21(30)18(16(27)10-8-2)24(32)25(4,5)23(14)31/h12,20,28-31H,7-11H2,1-6H3. The Morgan fingerprint density at radius 2 is 1.58 bits per heavy atom. The van der Waals surface area contributed by atoms with Crippen LogP contribution in [0.1, 0.15) is 66.7 Å². The molecule has 0 aromatic rings. The molecule has 2 rings (SSSR count). The summed E-state index contributed by atoms with van der Waals surface area (Å²) in [7, 11) is 1.35. The summed E-state index contributed by atoms with van der Waals surface area (Å²) in [6, 6.07) is 0. The molecule has 2 aliphatic carbocycles. The number of ether oxygens (including phenoxy) is 1. The quantitative estimate of drug-likeness (QED) is 0.376. The lowest BCUT2D eigenvalue weighted by Gasteiger charge is -2.34. The SMILES string of the molecule is CCCC(=O)C1=C(O)C(CC2=C(O)C(C)C(OC)=C(C(=O)CCC)C2O)=C(O)C(C)(C)C1=O. The van der Waals surface area contributed by atoms with Gasteiger partial charge in [-0.1, -0.05) is 13.8 Å². The third-order valence-corrected chi connectivity index (χ3v) is 6.32. The van der Waals surface area contributed by atoms with Crippen LogP contribution in [0.4, 0.5) is 0 Å². The zero-order chi connectivity index (χ0) is 25.2. The van der Waals surface area contributed by atoms with E-state index in [2.05, 4.69) is 0 Å². The van der Waals surface area contributed by atoms with E-state index in [0.29, 0.717) is 12.8 Å². The number of rotatable bonds is 9. The summed E-state index contributed by atoms with van der Waals surface area (Å²) < 4.78 is 5.32. The largest absolute Gasteiger partial charge is 0.511 e. The Hall–Kier alpha value is -2.87. The van der Waals surface area contributed by atoms with Crippen LogP contribution in [-0.2, 0) is 19.1 Å². The first-order valence-electron chi connectivity index (χ1n) is 11.2. The van der Waals surface area contributed by atoms with Gasteiger partial charge in [0.05, 0.1) is 24.0 Å². The van der Waals surface area contributed by atoms with Crippen LogP contribution in [0.25, 0.3) is 0 Å². The van der Waals surface area contributed by atoms with Crippen molar-refractivity contribution in [3.8, 4) is 0 Å². The van der Waals surface area contributed by atoms with E-state index in [1.54, 1.807) is 13.8 Å². The van der Waals surface area contributed by atoms with Crippen LogP contribution < -0.4 is 0 Å². The fraction of sp³-hybridized carbons (Fsp3) is 0.560. The fourth-order valence-corrected chi connectivity index (χ4v) is 4.35. The van der Waals surface area contributed by atoms with E-state index in [-0.39, 0.29) is 53.3 Å². The molecule has 0 bridgehead atoms. The van der Waals surface area contributed by atoms with Crippen molar-refractivity contribution in [3.05, 3.63) is 45.3 Å². The normalized spacial score (nSPS) is 23.4. The number of aliphatic hydroxyl groups excluding tert-OH is 4. The minimum Gasteiger partial charge on any atom is -0.511 e. The molecule has 8 heteroatoms. The first-order valence-corrected chi connectivity index (χ1v) is 11.2. The van der Waals surface area contributed by atoms with Crippen LogP contribution in [0, 0.1) is 11.3 Å². The highest BCUT2D eigenvalue weighted by Gasteiger charge is 2.46. The van der Waals surface area contributed by atoms with Gasteiger partial charge >= 0.3 is 0 Å². The van der Waals surface area contributed by atoms with Crippen molar-refractivity contribution < 1.29 is 39.5 Å². The van der Waals surface area contributed by atoms with Crippen molar-refractivity contribution >= 4 is 17.3 Å². The lowest BCUT2D eigenvalue weighted by atomic mass is 9.72. The smallest absolute Gasteiger partial charge is 0.183 e. The molecule has 0 aliphatic heterocycles. The van der Waals surface area contributed by atoms with E-state index in [1.807, 2.05) is 6.92 Å². The number of allylic oxidation sites excluding steroid dienone is 3. The fourth-order valence-electron chi connectivity index (χ4n) is 4.35. The van der Waals surface area contributed by atoms with Gasteiger partial charge in [-0.2, -0.15) is 0 Å². The molecule has 0 saturated heterocycles. The first kappa shape index (κ1) is 26.4. The molecule has 0 radical (unpaired) electrons. The molecule has 0 fully saturated rings. The highest BCUT2D eigenvalue weighted by Crippen LogP contribution is 2.44. The molecule has 0 amide bonds. The molecule has 4 N–H and O–H groups in total. The summed E-state index contributed by atoms with van der Waals surface area (Å²) >= 11 is 0. The number of hydrogen-bond acceptors (Lipinski definition) is 8. The molecule has 2 aliphatic rings. The van der Waals surface area contributed by atoms with Gasteiger partial charge < -0.3 is 25.2 Å². The molecule has 2 atom stereocenters. The van der Waals surface area contributed by atoms with Gasteiger partial charge in [-0.05, 0) is 33.6 Å². The zero-order valence-electron chi connectivity index (χ0n) is 20.1. The maximum Gasteiger partial charge on any atom is 0.183 e. The van der Waals surface area contributed by atoms with Gasteiger partial charge in [0, 0.05) is 30.4 Å². The van der Waals surface area contributed by atoms with E-state index in [0.717, 1.165) is 0 Å². The average molecular weight is 463 g/mol. The van der Waals surface area contributed by atoms with Crippen LogP contribution in [0.5, 0.6) is 0 Å². The lowest BCUT2D eigenvalue weighted by Crippen LogP contribution is -2.37. The highest BCUT2D eigenvalue weighted by molar-refractivity contribution is 6.24. The van der Waals surface area contributed by atoms with Gasteiger partial charge in [0.1, 0.15) is 34.7 Å². The van der Waals surface area contributed by atoms with Gasteiger partial charge in [-0.25, -0.2) is 0 Å². The average Bonchev–Trinajstić information content (AvgIpc) is 2.75. The number of methoxy groups -OCH3 is 1. The predicted octanol–water partition coefficient (Wildman–Crippen LogP) is 4.07. The number of aliphatic hydroxyl groups is 4. The van der Waals surface area contributed by atoms with E-state index < -0.39 is 46.1 Å². The van der Waals surface area contributed by atoms with Crippen molar-refractivity contribution in [2.24, 2.45) is 11.3 Å². The molecule has 2 unspecified atom stereocenters.